The molecule has 2 nitrogen and oxygen atoms in total. The van der Waals surface area contributed by atoms with Crippen molar-refractivity contribution in [3.63, 3.8) is 0 Å². The van der Waals surface area contributed by atoms with Crippen LogP contribution >= 0.6 is 15.9 Å². The van der Waals surface area contributed by atoms with E-state index in [4.69, 9.17) is 0 Å². The highest BCUT2D eigenvalue weighted by molar-refractivity contribution is 9.10. The minimum atomic E-state index is 1.11. The van der Waals surface area contributed by atoms with Gasteiger partial charge < -0.3 is 0 Å². The Kier molecular flexibility index (Phi) is 1.46. The first-order valence-corrected chi connectivity index (χ1v) is 4.16. The molecule has 0 unspecified atom stereocenters. The van der Waals surface area contributed by atoms with Crippen molar-refractivity contribution in [2.24, 2.45) is 0 Å². The molecule has 0 aliphatic carbocycles. The van der Waals surface area contributed by atoms with E-state index in [1.807, 2.05) is 18.3 Å². The number of aromatic nitrogens is 2. The number of benzene rings is 1. The second-order valence-corrected chi connectivity index (χ2v) is 3.36. The Balaban J connectivity index is 2.93. The van der Waals surface area contributed by atoms with E-state index in [2.05, 4.69) is 33.1 Å². The van der Waals surface area contributed by atoms with Gasteiger partial charge in [0, 0.05) is 9.86 Å². The van der Waals surface area contributed by atoms with Gasteiger partial charge in [-0.15, -0.1) is 0 Å². The van der Waals surface area contributed by atoms with Crippen LogP contribution in [0, 0.1) is 6.92 Å². The van der Waals surface area contributed by atoms with Crippen LogP contribution in [0.15, 0.2) is 22.8 Å². The Bertz CT molecular complexity index is 392. The number of nitrogens with zero attached hydrogens (tertiary/aromatic N) is 1. The zero-order valence-electron chi connectivity index (χ0n) is 6.06. The largest absolute Gasteiger partial charge is 0.278 e. The summed E-state index contributed by atoms with van der Waals surface area (Å²) >= 11 is 3.45. The molecule has 2 aromatic rings. The Morgan fingerprint density at radius 2 is 2.27 bits per heavy atom. The van der Waals surface area contributed by atoms with E-state index in [1.54, 1.807) is 0 Å². The number of halogens is 1. The third-order valence-corrected chi connectivity index (χ3v) is 2.67. The summed E-state index contributed by atoms with van der Waals surface area (Å²) in [5, 5.41) is 8.06. The van der Waals surface area contributed by atoms with Gasteiger partial charge in [-0.1, -0.05) is 22.0 Å². The van der Waals surface area contributed by atoms with Crippen LogP contribution in [0.1, 0.15) is 5.56 Å². The van der Waals surface area contributed by atoms with Crippen LogP contribution in [0.2, 0.25) is 0 Å². The summed E-state index contributed by atoms with van der Waals surface area (Å²) in [6.07, 6.45) is 1.83. The molecule has 0 aliphatic heterocycles. The van der Waals surface area contributed by atoms with Crippen molar-refractivity contribution in [2.45, 2.75) is 6.92 Å². The summed E-state index contributed by atoms with van der Waals surface area (Å²) in [7, 11) is 0. The maximum absolute atomic E-state index is 3.96. The van der Waals surface area contributed by atoms with Crippen molar-refractivity contribution in [1.82, 2.24) is 10.2 Å². The minimum Gasteiger partial charge on any atom is -0.278 e. The molecule has 0 spiro atoms. The fourth-order valence-electron chi connectivity index (χ4n) is 1.13. The number of aromatic amines is 1. The molecule has 3 heteroatoms. The molecule has 0 saturated heterocycles. The zero-order valence-corrected chi connectivity index (χ0v) is 7.64. The van der Waals surface area contributed by atoms with E-state index < -0.39 is 0 Å². The molecule has 0 atom stereocenters. The lowest BCUT2D eigenvalue weighted by molar-refractivity contribution is 1.11. The van der Waals surface area contributed by atoms with Crippen LogP contribution in [0.25, 0.3) is 10.9 Å². The quantitative estimate of drug-likeness (QED) is 0.712. The van der Waals surface area contributed by atoms with E-state index in [1.165, 1.54) is 5.56 Å². The van der Waals surface area contributed by atoms with E-state index >= 15 is 0 Å². The molecule has 0 bridgehead atoms. The number of hydrogen-bond donors (Lipinski definition) is 1. The summed E-state index contributed by atoms with van der Waals surface area (Å²) < 4.78 is 1.12. The monoisotopic (exact) mass is 210 g/mol. The standard InChI is InChI=1S/C8H7BrN2/c1-5-7(9)3-2-6-4-10-11-8(5)6/h2-4H,1H3,(H,10,11). The molecule has 1 aromatic carbocycles. The molecule has 2 rings (SSSR count). The number of rotatable bonds is 0. The molecule has 0 saturated carbocycles. The molecule has 1 aromatic heterocycles. The SMILES string of the molecule is Cc1c(Br)ccc2cn[nH]c12. The van der Waals surface area contributed by atoms with Gasteiger partial charge in [-0.2, -0.15) is 5.10 Å². The molecule has 1 N–H and O–H groups in total. The third-order valence-electron chi connectivity index (χ3n) is 1.81. The Morgan fingerprint density at radius 1 is 1.45 bits per heavy atom. The second kappa shape index (κ2) is 2.34. The van der Waals surface area contributed by atoms with E-state index in [9.17, 15) is 0 Å². The smallest absolute Gasteiger partial charge is 0.0690 e. The van der Waals surface area contributed by atoms with Crippen molar-refractivity contribution in [2.75, 3.05) is 0 Å². The second-order valence-electron chi connectivity index (χ2n) is 2.51. The number of H-pyrrole nitrogens is 1. The normalized spacial score (nSPS) is 10.7. The van der Waals surface area contributed by atoms with E-state index in [0.29, 0.717) is 0 Å². The topological polar surface area (TPSA) is 28.7 Å². The van der Waals surface area contributed by atoms with Gasteiger partial charge in [0.05, 0.1) is 11.7 Å². The minimum absolute atomic E-state index is 1.11. The highest BCUT2D eigenvalue weighted by atomic mass is 79.9. The van der Waals surface area contributed by atoms with Gasteiger partial charge in [0.15, 0.2) is 0 Å². The van der Waals surface area contributed by atoms with Gasteiger partial charge in [0.1, 0.15) is 0 Å². The molecule has 0 fully saturated rings. The van der Waals surface area contributed by atoms with Crippen molar-refractivity contribution < 1.29 is 0 Å². The van der Waals surface area contributed by atoms with Gasteiger partial charge >= 0.3 is 0 Å². The number of aryl methyl sites for hydroxylation is 1. The molecule has 0 amide bonds. The van der Waals surface area contributed by atoms with E-state index in [0.717, 1.165) is 15.4 Å². The summed E-state index contributed by atoms with van der Waals surface area (Å²) in [5.74, 6) is 0. The summed E-state index contributed by atoms with van der Waals surface area (Å²) in [5.41, 5.74) is 2.32. The Hall–Kier alpha value is -0.830. The lowest BCUT2D eigenvalue weighted by Crippen LogP contribution is -1.77. The first-order chi connectivity index (χ1) is 5.29. The summed E-state index contributed by atoms with van der Waals surface area (Å²) in [4.78, 5) is 0. The van der Waals surface area contributed by atoms with Crippen LogP contribution in [0.4, 0.5) is 0 Å². The van der Waals surface area contributed by atoms with Crippen LogP contribution < -0.4 is 0 Å². The zero-order chi connectivity index (χ0) is 7.84. The predicted octanol–water partition coefficient (Wildman–Crippen LogP) is 2.63. The molecule has 56 valence electrons. The van der Waals surface area contributed by atoms with Crippen molar-refractivity contribution >= 4 is 26.8 Å². The van der Waals surface area contributed by atoms with Crippen LogP contribution in [-0.4, -0.2) is 10.2 Å². The van der Waals surface area contributed by atoms with Gasteiger partial charge in [-0.25, -0.2) is 0 Å². The number of fused-ring (bicyclic) bond motifs is 1. The average Bonchev–Trinajstić information content (AvgIpc) is 2.45. The van der Waals surface area contributed by atoms with Crippen LogP contribution in [0.3, 0.4) is 0 Å². The third kappa shape index (κ3) is 0.959. The maximum atomic E-state index is 3.96. The van der Waals surface area contributed by atoms with Gasteiger partial charge in [-0.05, 0) is 18.6 Å². The first-order valence-electron chi connectivity index (χ1n) is 3.37. The molecular formula is C8H7BrN2. The average molecular weight is 211 g/mol. The molecule has 0 aliphatic rings. The lowest BCUT2D eigenvalue weighted by atomic mass is 10.2. The number of hydrogen-bond acceptors (Lipinski definition) is 1. The van der Waals surface area contributed by atoms with Gasteiger partial charge in [0.2, 0.25) is 0 Å². The highest BCUT2D eigenvalue weighted by Crippen LogP contribution is 2.23. The maximum Gasteiger partial charge on any atom is 0.0690 e. The predicted molar refractivity (Wildman–Crippen MR) is 48.5 cm³/mol. The van der Waals surface area contributed by atoms with E-state index in [-0.39, 0.29) is 0 Å². The van der Waals surface area contributed by atoms with Crippen molar-refractivity contribution in [3.8, 4) is 0 Å². The van der Waals surface area contributed by atoms with Gasteiger partial charge in [-0.3, -0.25) is 5.10 Å². The van der Waals surface area contributed by atoms with Gasteiger partial charge in [0.25, 0.3) is 0 Å². The van der Waals surface area contributed by atoms with Crippen LogP contribution in [0.5, 0.6) is 0 Å². The molecular weight excluding hydrogens is 204 g/mol. The lowest BCUT2D eigenvalue weighted by Gasteiger charge is -1.96. The fraction of sp³-hybridized carbons (Fsp3) is 0.125. The van der Waals surface area contributed by atoms with Crippen molar-refractivity contribution in [3.05, 3.63) is 28.4 Å². The first kappa shape index (κ1) is 6.85. The summed E-state index contributed by atoms with van der Waals surface area (Å²) in [6, 6.07) is 4.07. The summed E-state index contributed by atoms with van der Waals surface area (Å²) in [6.45, 7) is 2.06. The Morgan fingerprint density at radius 3 is 3.09 bits per heavy atom. The number of nitrogens with one attached hydrogen (secondary N) is 1. The Labute approximate surface area is 72.7 Å². The molecule has 11 heavy (non-hydrogen) atoms. The highest BCUT2D eigenvalue weighted by Gasteiger charge is 2.01. The van der Waals surface area contributed by atoms with Crippen LogP contribution in [-0.2, 0) is 0 Å². The van der Waals surface area contributed by atoms with Crippen molar-refractivity contribution in [1.29, 1.82) is 0 Å². The molecule has 1 heterocycles. The molecule has 0 radical (unpaired) electrons. The fourth-order valence-corrected chi connectivity index (χ4v) is 1.46.